The lowest BCUT2D eigenvalue weighted by molar-refractivity contribution is -0.279. The van der Waals surface area contributed by atoms with Crippen molar-refractivity contribution in [2.75, 3.05) is 0 Å². The standard InChI is InChI=1S/C30H34F8O/c1-2-3-4-18-5-14-24(25(31)15-18)30(37,38)39-23-12-10-20(11-13-23)19-6-8-21(9-7-19)22-16-26(32)28(27(33)17-22)29(34,35)36/h5,14-17,19-21,23H,2-4,6-13H2,1H3. The van der Waals surface area contributed by atoms with Gasteiger partial charge in [-0.3, -0.25) is 0 Å². The van der Waals surface area contributed by atoms with Crippen LogP contribution in [-0.2, 0) is 23.4 Å². The van der Waals surface area contributed by atoms with E-state index in [9.17, 15) is 35.1 Å². The van der Waals surface area contributed by atoms with Gasteiger partial charge >= 0.3 is 12.3 Å². The predicted molar refractivity (Wildman–Crippen MR) is 132 cm³/mol. The van der Waals surface area contributed by atoms with Gasteiger partial charge in [-0.25, -0.2) is 13.2 Å². The van der Waals surface area contributed by atoms with Gasteiger partial charge in [-0.15, -0.1) is 0 Å². The minimum atomic E-state index is -5.09. The number of aryl methyl sites for hydroxylation is 1. The van der Waals surface area contributed by atoms with Gasteiger partial charge in [0.05, 0.1) is 11.7 Å². The van der Waals surface area contributed by atoms with E-state index in [1.54, 1.807) is 0 Å². The average molecular weight is 563 g/mol. The summed E-state index contributed by atoms with van der Waals surface area (Å²) in [5, 5.41) is 0. The number of rotatable bonds is 8. The van der Waals surface area contributed by atoms with Crippen LogP contribution < -0.4 is 0 Å². The third kappa shape index (κ3) is 7.14. The lowest BCUT2D eigenvalue weighted by Gasteiger charge is -2.38. The molecule has 0 unspecified atom stereocenters. The van der Waals surface area contributed by atoms with Crippen LogP contribution >= 0.6 is 0 Å². The van der Waals surface area contributed by atoms with Crippen molar-refractivity contribution < 1.29 is 39.9 Å². The van der Waals surface area contributed by atoms with Crippen molar-refractivity contribution in [3.8, 4) is 0 Å². The number of hydrogen-bond donors (Lipinski definition) is 0. The molecule has 2 saturated carbocycles. The van der Waals surface area contributed by atoms with Crippen molar-refractivity contribution in [1.82, 2.24) is 0 Å². The Kier molecular flexibility index (Phi) is 9.29. The number of hydrogen-bond acceptors (Lipinski definition) is 1. The summed E-state index contributed by atoms with van der Waals surface area (Å²) in [6.45, 7) is 2.00. The van der Waals surface area contributed by atoms with E-state index in [0.717, 1.165) is 49.9 Å². The Hall–Kier alpha value is -2.16. The molecule has 0 bridgehead atoms. The highest BCUT2D eigenvalue weighted by Gasteiger charge is 2.41. The zero-order valence-corrected chi connectivity index (χ0v) is 21.9. The van der Waals surface area contributed by atoms with Crippen molar-refractivity contribution in [2.45, 2.75) is 102 Å². The molecule has 4 rings (SSSR count). The Labute approximate surface area is 223 Å². The van der Waals surface area contributed by atoms with Crippen LogP contribution in [0.25, 0.3) is 0 Å². The van der Waals surface area contributed by atoms with Gasteiger partial charge in [0.2, 0.25) is 0 Å². The Morgan fingerprint density at radius 1 is 0.744 bits per heavy atom. The average Bonchev–Trinajstić information content (AvgIpc) is 2.86. The fraction of sp³-hybridized carbons (Fsp3) is 0.600. The molecule has 0 saturated heterocycles. The zero-order chi connectivity index (χ0) is 28.4. The second kappa shape index (κ2) is 12.1. The molecule has 216 valence electrons. The highest BCUT2D eigenvalue weighted by atomic mass is 19.4. The topological polar surface area (TPSA) is 9.23 Å². The molecular formula is C30H34F8O. The maximum Gasteiger partial charge on any atom is 0.422 e. The molecule has 0 N–H and O–H groups in total. The van der Waals surface area contributed by atoms with Crippen molar-refractivity contribution in [2.24, 2.45) is 11.8 Å². The Morgan fingerprint density at radius 2 is 1.31 bits per heavy atom. The van der Waals surface area contributed by atoms with Crippen LogP contribution in [0.15, 0.2) is 30.3 Å². The molecule has 0 atom stereocenters. The zero-order valence-electron chi connectivity index (χ0n) is 21.9. The lowest BCUT2D eigenvalue weighted by Crippen LogP contribution is -2.32. The molecular weight excluding hydrogens is 528 g/mol. The van der Waals surface area contributed by atoms with E-state index >= 15 is 0 Å². The van der Waals surface area contributed by atoms with Crippen molar-refractivity contribution in [1.29, 1.82) is 0 Å². The number of unbranched alkanes of at least 4 members (excludes halogenated alkanes) is 1. The van der Waals surface area contributed by atoms with E-state index in [1.165, 1.54) is 6.07 Å². The van der Waals surface area contributed by atoms with Gasteiger partial charge in [-0.1, -0.05) is 19.4 Å². The Balaban J connectivity index is 1.28. The first kappa shape index (κ1) is 29.8. The van der Waals surface area contributed by atoms with Gasteiger partial charge in [0.25, 0.3) is 0 Å². The lowest BCUT2D eigenvalue weighted by atomic mass is 9.69. The van der Waals surface area contributed by atoms with Crippen LogP contribution in [-0.4, -0.2) is 6.10 Å². The largest absolute Gasteiger partial charge is 0.422 e. The summed E-state index contributed by atoms with van der Waals surface area (Å²) < 4.78 is 116. The summed E-state index contributed by atoms with van der Waals surface area (Å²) in [5.41, 5.74) is -1.70. The van der Waals surface area contributed by atoms with Gasteiger partial charge in [-0.2, -0.15) is 22.0 Å². The normalized spacial score (nSPS) is 24.6. The van der Waals surface area contributed by atoms with Gasteiger partial charge in [0.15, 0.2) is 0 Å². The molecule has 2 fully saturated rings. The monoisotopic (exact) mass is 562 g/mol. The van der Waals surface area contributed by atoms with Gasteiger partial charge in [0, 0.05) is 0 Å². The molecule has 0 spiro atoms. The highest BCUT2D eigenvalue weighted by molar-refractivity contribution is 5.31. The van der Waals surface area contributed by atoms with E-state index in [1.807, 2.05) is 6.92 Å². The molecule has 0 amide bonds. The highest BCUT2D eigenvalue weighted by Crippen LogP contribution is 2.45. The van der Waals surface area contributed by atoms with Crippen LogP contribution in [0.2, 0.25) is 0 Å². The predicted octanol–water partition coefficient (Wildman–Crippen LogP) is 10.1. The van der Waals surface area contributed by atoms with Gasteiger partial charge in [-0.05, 0) is 117 Å². The first-order valence-electron chi connectivity index (χ1n) is 13.8. The van der Waals surface area contributed by atoms with Crippen molar-refractivity contribution in [3.63, 3.8) is 0 Å². The number of benzene rings is 2. The van der Waals surface area contributed by atoms with Crippen LogP contribution in [0.5, 0.6) is 0 Å². The smallest absolute Gasteiger partial charge is 0.313 e. The third-order valence-electron chi connectivity index (χ3n) is 8.46. The summed E-state index contributed by atoms with van der Waals surface area (Å²) in [6, 6.07) is 5.37. The van der Waals surface area contributed by atoms with E-state index in [2.05, 4.69) is 0 Å². The van der Waals surface area contributed by atoms with E-state index < -0.39 is 47.0 Å². The quantitative estimate of drug-likeness (QED) is 0.291. The van der Waals surface area contributed by atoms with E-state index in [0.29, 0.717) is 56.4 Å². The van der Waals surface area contributed by atoms with E-state index in [-0.39, 0.29) is 17.4 Å². The number of halogens is 8. The van der Waals surface area contributed by atoms with Gasteiger partial charge in [0.1, 0.15) is 23.0 Å². The molecule has 1 nitrogen and oxygen atoms in total. The molecule has 2 aromatic rings. The molecule has 9 heteroatoms. The maximum atomic E-state index is 14.8. The molecule has 2 aromatic carbocycles. The number of alkyl halides is 5. The molecule has 0 heterocycles. The first-order valence-corrected chi connectivity index (χ1v) is 13.8. The molecule has 0 aliphatic heterocycles. The van der Waals surface area contributed by atoms with Gasteiger partial charge < -0.3 is 4.74 Å². The summed E-state index contributed by atoms with van der Waals surface area (Å²) in [7, 11) is 0. The van der Waals surface area contributed by atoms with Crippen LogP contribution in [0.4, 0.5) is 35.1 Å². The molecule has 2 aliphatic rings. The summed E-state index contributed by atoms with van der Waals surface area (Å²) in [5.74, 6) is -3.79. The fourth-order valence-corrected chi connectivity index (χ4v) is 6.30. The summed E-state index contributed by atoms with van der Waals surface area (Å²) >= 11 is 0. The second-order valence-corrected chi connectivity index (χ2v) is 11.1. The van der Waals surface area contributed by atoms with Crippen molar-refractivity contribution >= 4 is 0 Å². The summed E-state index contributed by atoms with van der Waals surface area (Å²) in [4.78, 5) is 0. The second-order valence-electron chi connectivity index (χ2n) is 11.1. The van der Waals surface area contributed by atoms with Crippen LogP contribution in [0.1, 0.15) is 99.3 Å². The van der Waals surface area contributed by atoms with Crippen molar-refractivity contribution in [3.05, 3.63) is 70.0 Å². The maximum absolute atomic E-state index is 14.8. The first-order chi connectivity index (χ1) is 18.4. The Bertz CT molecular complexity index is 1090. The fourth-order valence-electron chi connectivity index (χ4n) is 6.30. The third-order valence-corrected chi connectivity index (χ3v) is 8.46. The Morgan fingerprint density at radius 3 is 1.82 bits per heavy atom. The molecule has 2 aliphatic carbocycles. The molecule has 0 aromatic heterocycles. The van der Waals surface area contributed by atoms with E-state index in [4.69, 9.17) is 4.74 Å². The number of ether oxygens (including phenoxy) is 1. The molecule has 0 radical (unpaired) electrons. The van der Waals surface area contributed by atoms with Crippen LogP contribution in [0.3, 0.4) is 0 Å². The molecule has 39 heavy (non-hydrogen) atoms. The summed E-state index contributed by atoms with van der Waals surface area (Å²) in [6.07, 6.45) is -2.22. The van der Waals surface area contributed by atoms with Crippen LogP contribution in [0, 0.1) is 29.3 Å². The SMILES string of the molecule is CCCCc1ccc(C(F)(F)OC2CCC(C3CCC(c4cc(F)c(C(F)(F)F)c(F)c4)CC3)CC2)c(F)c1. The minimum Gasteiger partial charge on any atom is -0.313 e. The minimum absolute atomic E-state index is 0.228.